The second-order valence-electron chi connectivity index (χ2n) is 3.04. The Bertz CT molecular complexity index is 497. The second-order valence-corrected chi connectivity index (χ2v) is 3.04. The number of fused-ring (bicyclic) bond motifs is 1. The van der Waals surface area contributed by atoms with Crippen LogP contribution >= 0.6 is 0 Å². The molecule has 0 aromatic heterocycles. The van der Waals surface area contributed by atoms with Crippen molar-refractivity contribution in [1.29, 1.82) is 0 Å². The summed E-state index contributed by atoms with van der Waals surface area (Å²) in [6, 6.07) is -0.801. The average molecular weight is 220 g/mol. The predicted octanol–water partition coefficient (Wildman–Crippen LogP) is 0.666. The van der Waals surface area contributed by atoms with E-state index in [9.17, 15) is 9.59 Å². The molecule has 0 N–H and O–H groups in total. The summed E-state index contributed by atoms with van der Waals surface area (Å²) < 4.78 is 10.1. The second kappa shape index (κ2) is 3.73. The van der Waals surface area contributed by atoms with Crippen molar-refractivity contribution in [2.24, 2.45) is 4.99 Å². The Morgan fingerprint density at radius 1 is 1.38 bits per heavy atom. The van der Waals surface area contributed by atoms with Gasteiger partial charge in [-0.1, -0.05) is 0 Å². The number of ether oxygens (including phenoxy) is 1. The zero-order valence-corrected chi connectivity index (χ0v) is 8.68. The number of rotatable bonds is 1. The fourth-order valence-electron chi connectivity index (χ4n) is 1.41. The monoisotopic (exact) mass is 220 g/mol. The van der Waals surface area contributed by atoms with Gasteiger partial charge in [-0.05, 0) is 11.8 Å². The van der Waals surface area contributed by atoms with E-state index in [0.29, 0.717) is 11.5 Å². The molecule has 0 unspecified atom stereocenters. The minimum absolute atomic E-state index is 0.234. The summed E-state index contributed by atoms with van der Waals surface area (Å²) in [5.74, 6) is 0.192. The third kappa shape index (κ3) is 1.54. The molecule has 0 bridgehead atoms. The van der Waals surface area contributed by atoms with Gasteiger partial charge in [-0.3, -0.25) is 14.0 Å². The van der Waals surface area contributed by atoms with Crippen LogP contribution in [0.1, 0.15) is 0 Å². The molecule has 0 spiro atoms. The Kier molecular flexibility index (Phi) is 2.40. The quantitative estimate of drug-likeness (QED) is 0.481. The Hall–Kier alpha value is -2.24. The van der Waals surface area contributed by atoms with Gasteiger partial charge < -0.3 is 15.0 Å². The third-order valence-electron chi connectivity index (χ3n) is 2.15. The van der Waals surface area contributed by atoms with E-state index in [1.165, 1.54) is 26.4 Å². The summed E-state index contributed by atoms with van der Waals surface area (Å²) in [5.41, 5.74) is 0.486. The van der Waals surface area contributed by atoms with Crippen LogP contribution in [0.2, 0.25) is 0 Å². The van der Waals surface area contributed by atoms with Crippen molar-refractivity contribution >= 4 is 23.4 Å². The lowest BCUT2D eigenvalue weighted by atomic mass is 10.00. The minimum Gasteiger partial charge on any atom is -0.488 e. The number of hydrogen-bond donors (Lipinski definition) is 0. The first kappa shape index (κ1) is 10.3. The van der Waals surface area contributed by atoms with Crippen LogP contribution in [-0.4, -0.2) is 37.7 Å². The van der Waals surface area contributed by atoms with Crippen LogP contribution in [0.3, 0.4) is 0 Å². The van der Waals surface area contributed by atoms with Crippen molar-refractivity contribution in [3.05, 3.63) is 28.8 Å². The molecule has 0 fully saturated rings. The highest BCUT2D eigenvalue weighted by molar-refractivity contribution is 6.43. The fourth-order valence-corrected chi connectivity index (χ4v) is 1.41. The number of aliphatic imine (C=N–C) groups is 1. The van der Waals surface area contributed by atoms with Gasteiger partial charge in [0.1, 0.15) is 0 Å². The van der Waals surface area contributed by atoms with Crippen molar-refractivity contribution < 1.29 is 18.8 Å². The number of methoxy groups -OCH3 is 1. The van der Waals surface area contributed by atoms with Crippen molar-refractivity contribution in [2.45, 2.75) is 0 Å². The number of allylic oxidation sites excluding steroid dienone is 2. The molecule has 2 rings (SSSR count). The summed E-state index contributed by atoms with van der Waals surface area (Å²) in [7, 11) is 2.91. The van der Waals surface area contributed by atoms with Crippen LogP contribution < -0.4 is 0 Å². The Balaban J connectivity index is 2.54. The molecule has 6 heteroatoms. The lowest BCUT2D eigenvalue weighted by molar-refractivity contribution is -0.419. The van der Waals surface area contributed by atoms with Crippen molar-refractivity contribution in [2.75, 3.05) is 14.2 Å². The van der Waals surface area contributed by atoms with Crippen LogP contribution in [0, 0.1) is 0 Å². The molecule has 3 amide bonds. The summed E-state index contributed by atoms with van der Waals surface area (Å²) in [6.07, 6.45) is 2.93. The van der Waals surface area contributed by atoms with E-state index in [0.717, 1.165) is 0 Å². The number of carbonyl (C=O) groups excluding carboxylic acids is 3. The highest BCUT2D eigenvalue weighted by Crippen LogP contribution is 2.21. The predicted molar refractivity (Wildman–Crippen MR) is 55.3 cm³/mol. The summed E-state index contributed by atoms with van der Waals surface area (Å²) in [5, 5.41) is 3.21. The highest BCUT2D eigenvalue weighted by Gasteiger charge is 2.27. The lowest BCUT2D eigenvalue weighted by Crippen LogP contribution is -2.25. The molecule has 1 aliphatic carbocycles. The molecular formula is C10H8N2O4. The first-order valence-corrected chi connectivity index (χ1v) is 4.43. The largest absolute Gasteiger partial charge is 0.488 e. The van der Waals surface area contributed by atoms with Crippen LogP contribution in [0.25, 0.3) is 5.32 Å². The van der Waals surface area contributed by atoms with Gasteiger partial charge in [0.15, 0.2) is 11.9 Å². The van der Waals surface area contributed by atoms with Crippen molar-refractivity contribution in [3.8, 4) is 0 Å². The fraction of sp³-hybridized carbons (Fsp3) is 0.200. The number of imide groups is 1. The first-order valence-electron chi connectivity index (χ1n) is 4.43. The molecule has 1 heterocycles. The van der Waals surface area contributed by atoms with Crippen LogP contribution in [0.5, 0.6) is 0 Å². The van der Waals surface area contributed by atoms with Gasteiger partial charge in [0, 0.05) is 5.57 Å². The van der Waals surface area contributed by atoms with Gasteiger partial charge in [0.25, 0.3) is 7.11 Å². The molecule has 0 saturated carbocycles. The van der Waals surface area contributed by atoms with E-state index in [2.05, 4.69) is 10.3 Å². The van der Waals surface area contributed by atoms with Gasteiger partial charge in [-0.15, -0.1) is 0 Å². The number of hydrogen-bond acceptors (Lipinski definition) is 3. The van der Waals surface area contributed by atoms with Gasteiger partial charge in [-0.25, -0.2) is 0 Å². The first-order chi connectivity index (χ1) is 7.65. The van der Waals surface area contributed by atoms with E-state index in [1.807, 2.05) is 0 Å². The Morgan fingerprint density at radius 3 is 2.75 bits per heavy atom. The van der Waals surface area contributed by atoms with Crippen molar-refractivity contribution in [1.82, 2.24) is 0 Å². The maximum absolute atomic E-state index is 11.4. The highest BCUT2D eigenvalue weighted by atomic mass is 16.5. The zero-order chi connectivity index (χ0) is 11.7. The molecule has 1 aliphatic heterocycles. The molecule has 82 valence electrons. The van der Waals surface area contributed by atoms with Crippen molar-refractivity contribution in [3.63, 3.8) is 0 Å². The van der Waals surface area contributed by atoms with Crippen LogP contribution in [0.4, 0.5) is 4.79 Å². The number of urea groups is 1. The molecule has 16 heavy (non-hydrogen) atoms. The number of ketones is 1. The third-order valence-corrected chi connectivity index (χ3v) is 2.15. The number of carbonyl (C=O) groups is 2. The summed E-state index contributed by atoms with van der Waals surface area (Å²) >= 11 is 0. The standard InChI is InChI=1S/C10H8N2O4/c1-15-7-3-5-6(4-8(7)16-2)11-10(14)12-9(5)13/h3-4H,1-2H3. The van der Waals surface area contributed by atoms with E-state index < -0.39 is 11.9 Å². The molecule has 6 nitrogen and oxygen atoms in total. The van der Waals surface area contributed by atoms with Gasteiger partial charge in [0.2, 0.25) is 5.76 Å². The Morgan fingerprint density at radius 2 is 2.12 bits per heavy atom. The number of amides is 3. The molecule has 0 saturated heterocycles. The number of nitrogens with zero attached hydrogens (tertiary/aromatic N) is 2. The molecule has 2 aliphatic rings. The van der Waals surface area contributed by atoms with Crippen LogP contribution in [0.15, 0.2) is 28.5 Å². The van der Waals surface area contributed by atoms with E-state index in [-0.39, 0.29) is 11.3 Å². The van der Waals surface area contributed by atoms with Gasteiger partial charge in [-0.2, -0.15) is 0 Å². The normalized spacial score (nSPS) is 21.9. The average Bonchev–Trinajstić information content (AvgIpc) is 2.27. The lowest BCUT2D eigenvalue weighted by Gasteiger charge is -2.23. The van der Waals surface area contributed by atoms with E-state index >= 15 is 0 Å². The summed E-state index contributed by atoms with van der Waals surface area (Å²) in [4.78, 5) is 26.0. The zero-order valence-electron chi connectivity index (χ0n) is 8.68. The van der Waals surface area contributed by atoms with E-state index in [1.54, 1.807) is 0 Å². The summed E-state index contributed by atoms with van der Waals surface area (Å²) in [6.45, 7) is 0. The SMILES string of the molecule is COC1=CC2=NC(=O)[N-]C(=O)C2=CC1=[O+]C. The van der Waals surface area contributed by atoms with Gasteiger partial charge >= 0.3 is 5.78 Å². The topological polar surface area (TPSA) is 81.1 Å². The van der Waals surface area contributed by atoms with E-state index in [4.69, 9.17) is 9.16 Å². The maximum atomic E-state index is 11.4. The molecule has 0 radical (unpaired) electrons. The Labute approximate surface area is 91.0 Å². The smallest absolute Gasteiger partial charge is 0.385 e. The molecule has 0 aromatic carbocycles. The minimum atomic E-state index is -0.801. The molecular weight excluding hydrogens is 212 g/mol. The maximum Gasteiger partial charge on any atom is 0.385 e. The van der Waals surface area contributed by atoms with Crippen LogP contribution in [-0.2, 0) is 14.0 Å². The van der Waals surface area contributed by atoms with Gasteiger partial charge in [0.05, 0.1) is 13.2 Å². The molecule has 0 aromatic rings. The molecule has 0 atom stereocenters.